The number of nitrogens with zero attached hydrogens (tertiary/aromatic N) is 1. The molecular weight excluding hydrogens is 155 g/mol. The zero-order valence-corrected chi connectivity index (χ0v) is 6.21. The van der Waals surface area contributed by atoms with Gasteiger partial charge in [0.25, 0.3) is 0 Å². The smallest absolute Gasteiger partial charge is 0.238 e. The van der Waals surface area contributed by atoms with Crippen molar-refractivity contribution in [1.82, 2.24) is 10.7 Å². The average Bonchev–Trinajstić information content (AvgIpc) is 2.07. The van der Waals surface area contributed by atoms with E-state index in [2.05, 4.69) is 4.98 Å². The Hall–Kier alpha value is -1.64. The molecule has 1 aromatic heterocycles. The fraction of sp³-hybridized carbons (Fsp3) is 0. The molecule has 0 unspecified atom stereocenters. The first-order valence-corrected chi connectivity index (χ1v) is 3.54. The summed E-state index contributed by atoms with van der Waals surface area (Å²) < 4.78 is 12.8. The first-order valence-electron chi connectivity index (χ1n) is 3.54. The summed E-state index contributed by atoms with van der Waals surface area (Å²) in [6.07, 6.45) is 0. The fourth-order valence-corrected chi connectivity index (χ4v) is 1.09. The molecule has 59 valence electrons. The maximum atomic E-state index is 12.8. The second-order valence-electron chi connectivity index (χ2n) is 2.52. The third kappa shape index (κ3) is 0.993. The standard InChI is InChI=1S/C9H6FN2/c10-9-7(11)5-6-3-1-2-4-8(6)12-9/h1-5,11H. The molecule has 2 rings (SSSR count). The molecule has 0 aliphatic heterocycles. The van der Waals surface area contributed by atoms with E-state index < -0.39 is 5.95 Å². The maximum absolute atomic E-state index is 12.8. The van der Waals surface area contributed by atoms with Gasteiger partial charge >= 0.3 is 0 Å². The van der Waals surface area contributed by atoms with Crippen LogP contribution in [0.5, 0.6) is 0 Å². The lowest BCUT2D eigenvalue weighted by atomic mass is 10.2. The average molecular weight is 161 g/mol. The van der Waals surface area contributed by atoms with Gasteiger partial charge in [-0.05, 0) is 12.1 Å². The van der Waals surface area contributed by atoms with Crippen LogP contribution >= 0.6 is 0 Å². The van der Waals surface area contributed by atoms with E-state index in [1.165, 1.54) is 6.07 Å². The molecule has 0 amide bonds. The molecule has 12 heavy (non-hydrogen) atoms. The Morgan fingerprint density at radius 1 is 1.25 bits per heavy atom. The van der Waals surface area contributed by atoms with Crippen molar-refractivity contribution in [3.8, 4) is 0 Å². The number of halogens is 1. The summed E-state index contributed by atoms with van der Waals surface area (Å²) in [4.78, 5) is 3.62. The van der Waals surface area contributed by atoms with Gasteiger partial charge in [-0.2, -0.15) is 4.39 Å². The van der Waals surface area contributed by atoms with E-state index >= 15 is 0 Å². The van der Waals surface area contributed by atoms with Gasteiger partial charge in [0.05, 0.1) is 5.52 Å². The van der Waals surface area contributed by atoms with Crippen LogP contribution in [0.3, 0.4) is 0 Å². The van der Waals surface area contributed by atoms with Gasteiger partial charge < -0.3 is 0 Å². The van der Waals surface area contributed by atoms with Crippen molar-refractivity contribution in [2.24, 2.45) is 0 Å². The minimum Gasteiger partial charge on any atom is -0.296 e. The summed E-state index contributed by atoms with van der Waals surface area (Å²) in [7, 11) is 0. The van der Waals surface area contributed by atoms with Crippen LogP contribution < -0.4 is 5.73 Å². The number of nitrogens with one attached hydrogen (secondary N) is 1. The van der Waals surface area contributed by atoms with Crippen molar-refractivity contribution in [2.45, 2.75) is 0 Å². The van der Waals surface area contributed by atoms with Gasteiger partial charge in [0.15, 0.2) is 0 Å². The van der Waals surface area contributed by atoms with Crippen LogP contribution in [0, 0.1) is 5.95 Å². The maximum Gasteiger partial charge on any atom is 0.238 e. The molecule has 2 aromatic rings. The molecule has 0 aliphatic carbocycles. The molecule has 1 aromatic carbocycles. The van der Waals surface area contributed by atoms with Gasteiger partial charge in [-0.25, -0.2) is 4.98 Å². The van der Waals surface area contributed by atoms with Crippen molar-refractivity contribution in [3.63, 3.8) is 0 Å². The van der Waals surface area contributed by atoms with E-state index in [0.717, 1.165) is 5.39 Å². The van der Waals surface area contributed by atoms with E-state index in [4.69, 9.17) is 5.73 Å². The van der Waals surface area contributed by atoms with E-state index in [0.29, 0.717) is 5.52 Å². The molecule has 1 radical (unpaired) electrons. The van der Waals surface area contributed by atoms with Gasteiger partial charge in [-0.15, -0.1) is 0 Å². The van der Waals surface area contributed by atoms with Crippen LogP contribution in [-0.4, -0.2) is 4.98 Å². The summed E-state index contributed by atoms with van der Waals surface area (Å²) in [5, 5.41) is 0.795. The highest BCUT2D eigenvalue weighted by Crippen LogP contribution is 2.17. The van der Waals surface area contributed by atoms with E-state index in [-0.39, 0.29) is 5.69 Å². The Bertz CT molecular complexity index is 385. The minimum absolute atomic E-state index is 0.159. The normalized spacial score (nSPS) is 10.4. The summed E-state index contributed by atoms with van der Waals surface area (Å²) in [6.45, 7) is 0. The van der Waals surface area contributed by atoms with Gasteiger partial charge in [-0.1, -0.05) is 18.2 Å². The molecule has 0 aliphatic rings. The Labute approximate surface area is 68.8 Å². The lowest BCUT2D eigenvalue weighted by molar-refractivity contribution is 0.590. The number of hydrogen-bond acceptors (Lipinski definition) is 1. The second kappa shape index (κ2) is 2.44. The summed E-state index contributed by atoms with van der Waals surface area (Å²) in [6, 6.07) is 8.62. The predicted octanol–water partition coefficient (Wildman–Crippen LogP) is 2.29. The van der Waals surface area contributed by atoms with Gasteiger partial charge in [0, 0.05) is 5.39 Å². The molecule has 1 heterocycles. The highest BCUT2D eigenvalue weighted by Gasteiger charge is 2.01. The third-order valence-electron chi connectivity index (χ3n) is 1.68. The molecule has 0 spiro atoms. The predicted molar refractivity (Wildman–Crippen MR) is 44.5 cm³/mol. The molecule has 0 fully saturated rings. The van der Waals surface area contributed by atoms with Crippen molar-refractivity contribution >= 4 is 16.6 Å². The third-order valence-corrected chi connectivity index (χ3v) is 1.68. The summed E-state index contributed by atoms with van der Waals surface area (Å²) in [5.41, 5.74) is 7.59. The molecule has 2 nitrogen and oxygen atoms in total. The number of benzene rings is 1. The largest absolute Gasteiger partial charge is 0.296 e. The minimum atomic E-state index is -0.714. The summed E-state index contributed by atoms with van der Waals surface area (Å²) >= 11 is 0. The molecule has 3 heteroatoms. The topological polar surface area (TPSA) is 36.7 Å². The first-order chi connectivity index (χ1) is 5.77. The van der Waals surface area contributed by atoms with E-state index in [1.54, 1.807) is 18.2 Å². The number of pyridine rings is 1. The number of rotatable bonds is 0. The van der Waals surface area contributed by atoms with Crippen molar-refractivity contribution in [1.29, 1.82) is 0 Å². The second-order valence-corrected chi connectivity index (χ2v) is 2.52. The van der Waals surface area contributed by atoms with E-state index in [9.17, 15) is 4.39 Å². The molecule has 0 saturated carbocycles. The van der Waals surface area contributed by atoms with Crippen LogP contribution in [0.4, 0.5) is 10.1 Å². The molecule has 0 bridgehead atoms. The zero-order valence-electron chi connectivity index (χ0n) is 6.21. The first kappa shape index (κ1) is 7.03. The van der Waals surface area contributed by atoms with Crippen LogP contribution in [0.25, 0.3) is 10.9 Å². The van der Waals surface area contributed by atoms with Gasteiger partial charge in [0.1, 0.15) is 5.69 Å². The van der Waals surface area contributed by atoms with Crippen LogP contribution in [0.1, 0.15) is 0 Å². The molecule has 0 atom stereocenters. The number of para-hydroxylation sites is 1. The Morgan fingerprint density at radius 2 is 2.00 bits per heavy atom. The monoisotopic (exact) mass is 161 g/mol. The van der Waals surface area contributed by atoms with Crippen molar-refractivity contribution < 1.29 is 4.39 Å². The fourth-order valence-electron chi connectivity index (χ4n) is 1.09. The number of fused-ring (bicyclic) bond motifs is 1. The highest BCUT2D eigenvalue weighted by atomic mass is 19.1. The van der Waals surface area contributed by atoms with Crippen molar-refractivity contribution in [3.05, 3.63) is 36.3 Å². The lowest BCUT2D eigenvalue weighted by Crippen LogP contribution is -1.86. The summed E-state index contributed by atoms with van der Waals surface area (Å²) in [5.74, 6) is -0.714. The SMILES string of the molecule is [NH]c1cc2ccccc2nc1F. The zero-order chi connectivity index (χ0) is 8.55. The Kier molecular flexibility index (Phi) is 1.43. The lowest BCUT2D eigenvalue weighted by Gasteiger charge is -1.97. The van der Waals surface area contributed by atoms with Gasteiger partial charge in [-0.3, -0.25) is 5.73 Å². The number of aromatic nitrogens is 1. The van der Waals surface area contributed by atoms with Crippen LogP contribution in [0.15, 0.2) is 30.3 Å². The highest BCUT2D eigenvalue weighted by molar-refractivity contribution is 5.80. The van der Waals surface area contributed by atoms with Gasteiger partial charge in [0.2, 0.25) is 5.95 Å². The molecular formula is C9H6FN2. The Morgan fingerprint density at radius 3 is 2.83 bits per heavy atom. The van der Waals surface area contributed by atoms with Crippen LogP contribution in [-0.2, 0) is 0 Å². The quantitative estimate of drug-likeness (QED) is 0.546. The number of hydrogen-bond donors (Lipinski definition) is 0. The molecule has 1 N–H and O–H groups in total. The molecule has 0 saturated heterocycles. The Balaban J connectivity index is 2.84. The van der Waals surface area contributed by atoms with Crippen molar-refractivity contribution in [2.75, 3.05) is 0 Å². The van der Waals surface area contributed by atoms with E-state index in [1.807, 2.05) is 6.07 Å². The van der Waals surface area contributed by atoms with Crippen LogP contribution in [0.2, 0.25) is 0 Å².